The van der Waals surface area contributed by atoms with Crippen LogP contribution in [0.25, 0.3) is 0 Å². The Bertz CT molecular complexity index is 577. The predicted octanol–water partition coefficient (Wildman–Crippen LogP) is 1.89. The Morgan fingerprint density at radius 3 is 2.65 bits per heavy atom. The third-order valence-electron chi connectivity index (χ3n) is 3.38. The highest BCUT2D eigenvalue weighted by molar-refractivity contribution is 5.78. The van der Waals surface area contributed by atoms with E-state index in [1.54, 1.807) is 11.0 Å². The van der Waals surface area contributed by atoms with Crippen LogP contribution in [0.3, 0.4) is 0 Å². The number of alkyl halides is 3. The van der Waals surface area contributed by atoms with Crippen molar-refractivity contribution in [1.29, 1.82) is 5.26 Å². The Morgan fingerprint density at radius 1 is 1.45 bits per heavy atom. The second-order valence-corrected chi connectivity index (χ2v) is 4.68. The summed E-state index contributed by atoms with van der Waals surface area (Å²) in [6, 6.07) is 4.80. The monoisotopic (exact) mass is 283 g/mol. The summed E-state index contributed by atoms with van der Waals surface area (Å²) >= 11 is 0. The molecule has 2 N–H and O–H groups in total. The Labute approximate surface area is 113 Å². The maximum atomic E-state index is 12.6. The Kier molecular flexibility index (Phi) is 3.57. The van der Waals surface area contributed by atoms with Crippen LogP contribution in [-0.4, -0.2) is 19.0 Å². The predicted molar refractivity (Wildman–Crippen MR) is 65.7 cm³/mol. The van der Waals surface area contributed by atoms with E-state index in [1.807, 2.05) is 0 Å². The second-order valence-electron chi connectivity index (χ2n) is 4.68. The molecule has 0 aliphatic carbocycles. The largest absolute Gasteiger partial charge is 0.416 e. The molecule has 1 saturated heterocycles. The first-order chi connectivity index (χ1) is 9.32. The summed E-state index contributed by atoms with van der Waals surface area (Å²) in [5.41, 5.74) is 4.71. The highest BCUT2D eigenvalue weighted by Crippen LogP contribution is 2.34. The number of halogens is 3. The standard InChI is InChI=1S/C13H12F3N3O/c14-13(15,16)10-1-2-11(9(5-10)6-17)19-4-3-8(7-19)12(18)20/h1-2,5,8H,3-4,7H2,(H2,18,20). The zero-order valence-electron chi connectivity index (χ0n) is 10.4. The molecule has 1 aliphatic heterocycles. The van der Waals surface area contributed by atoms with Gasteiger partial charge in [0.15, 0.2) is 0 Å². The molecule has 1 unspecified atom stereocenters. The normalized spacial score (nSPS) is 18.9. The lowest BCUT2D eigenvalue weighted by Gasteiger charge is -2.20. The first kappa shape index (κ1) is 14.2. The molecule has 0 spiro atoms. The van der Waals surface area contributed by atoms with Crippen LogP contribution < -0.4 is 10.6 Å². The van der Waals surface area contributed by atoms with Gasteiger partial charge in [-0.3, -0.25) is 4.79 Å². The number of anilines is 1. The van der Waals surface area contributed by atoms with E-state index in [0.717, 1.165) is 12.1 Å². The van der Waals surface area contributed by atoms with E-state index in [-0.39, 0.29) is 11.5 Å². The van der Waals surface area contributed by atoms with Crippen LogP contribution in [0, 0.1) is 17.2 Å². The van der Waals surface area contributed by atoms with Gasteiger partial charge in [-0.2, -0.15) is 18.4 Å². The summed E-state index contributed by atoms with van der Waals surface area (Å²) in [5.74, 6) is -0.762. The van der Waals surface area contributed by atoms with Crippen molar-refractivity contribution >= 4 is 11.6 Å². The quantitative estimate of drug-likeness (QED) is 0.901. The van der Waals surface area contributed by atoms with Gasteiger partial charge >= 0.3 is 6.18 Å². The zero-order chi connectivity index (χ0) is 14.9. The van der Waals surface area contributed by atoms with Gasteiger partial charge in [-0.15, -0.1) is 0 Å². The Hall–Kier alpha value is -2.23. The van der Waals surface area contributed by atoms with Crippen LogP contribution in [0.15, 0.2) is 18.2 Å². The first-order valence-electron chi connectivity index (χ1n) is 5.98. The van der Waals surface area contributed by atoms with Crippen molar-refractivity contribution in [2.24, 2.45) is 11.7 Å². The fraction of sp³-hybridized carbons (Fsp3) is 0.385. The van der Waals surface area contributed by atoms with Crippen molar-refractivity contribution in [3.8, 4) is 6.07 Å². The van der Waals surface area contributed by atoms with Crippen molar-refractivity contribution in [3.05, 3.63) is 29.3 Å². The van der Waals surface area contributed by atoms with Gasteiger partial charge in [0.05, 0.1) is 22.7 Å². The molecule has 1 atom stereocenters. The summed E-state index contributed by atoms with van der Waals surface area (Å²) in [6.45, 7) is 0.822. The minimum atomic E-state index is -4.48. The van der Waals surface area contributed by atoms with Crippen molar-refractivity contribution in [1.82, 2.24) is 0 Å². The molecule has 2 rings (SSSR count). The van der Waals surface area contributed by atoms with Crippen molar-refractivity contribution in [2.75, 3.05) is 18.0 Å². The number of carbonyl (C=O) groups excluding carboxylic acids is 1. The third kappa shape index (κ3) is 2.69. The van der Waals surface area contributed by atoms with E-state index in [0.29, 0.717) is 25.2 Å². The van der Waals surface area contributed by atoms with Gasteiger partial charge in [0.25, 0.3) is 0 Å². The van der Waals surface area contributed by atoms with Gasteiger partial charge in [-0.05, 0) is 24.6 Å². The van der Waals surface area contributed by atoms with Gasteiger partial charge < -0.3 is 10.6 Å². The molecule has 0 saturated carbocycles. The van der Waals surface area contributed by atoms with Crippen LogP contribution >= 0.6 is 0 Å². The van der Waals surface area contributed by atoms with E-state index in [1.165, 1.54) is 6.07 Å². The number of hydrogen-bond donors (Lipinski definition) is 1. The summed E-state index contributed by atoms with van der Waals surface area (Å²) in [4.78, 5) is 12.8. The lowest BCUT2D eigenvalue weighted by Crippen LogP contribution is -2.27. The van der Waals surface area contributed by atoms with Crippen LogP contribution in [0.1, 0.15) is 17.5 Å². The minimum Gasteiger partial charge on any atom is -0.370 e. The van der Waals surface area contributed by atoms with Crippen LogP contribution in [-0.2, 0) is 11.0 Å². The number of nitriles is 1. The van der Waals surface area contributed by atoms with E-state index >= 15 is 0 Å². The van der Waals surface area contributed by atoms with E-state index in [4.69, 9.17) is 11.0 Å². The van der Waals surface area contributed by atoms with Crippen LogP contribution in [0.2, 0.25) is 0 Å². The summed E-state index contributed by atoms with van der Waals surface area (Å²) < 4.78 is 37.8. The average molecular weight is 283 g/mol. The molecule has 1 heterocycles. The minimum absolute atomic E-state index is 0.0510. The molecular weight excluding hydrogens is 271 g/mol. The average Bonchev–Trinajstić information content (AvgIpc) is 2.86. The summed E-state index contributed by atoms with van der Waals surface area (Å²) in [5, 5.41) is 9.01. The number of carbonyl (C=O) groups is 1. The third-order valence-corrected chi connectivity index (χ3v) is 3.38. The lowest BCUT2D eigenvalue weighted by molar-refractivity contribution is -0.137. The maximum absolute atomic E-state index is 12.6. The van der Waals surface area contributed by atoms with Crippen molar-refractivity contribution in [2.45, 2.75) is 12.6 Å². The summed E-state index contributed by atoms with van der Waals surface area (Å²) in [7, 11) is 0. The number of hydrogen-bond acceptors (Lipinski definition) is 3. The van der Waals surface area contributed by atoms with E-state index in [2.05, 4.69) is 0 Å². The number of nitrogens with zero attached hydrogens (tertiary/aromatic N) is 2. The number of benzene rings is 1. The molecule has 0 bridgehead atoms. The molecule has 7 heteroatoms. The van der Waals surface area contributed by atoms with Gasteiger partial charge in [0, 0.05) is 13.1 Å². The molecule has 1 amide bonds. The van der Waals surface area contributed by atoms with E-state index < -0.39 is 17.6 Å². The molecule has 1 aliphatic rings. The van der Waals surface area contributed by atoms with Crippen LogP contribution in [0.5, 0.6) is 0 Å². The number of nitrogens with two attached hydrogens (primary N) is 1. The Morgan fingerprint density at radius 2 is 2.15 bits per heavy atom. The molecule has 20 heavy (non-hydrogen) atoms. The van der Waals surface area contributed by atoms with Gasteiger partial charge in [0.2, 0.25) is 5.91 Å². The molecular formula is C13H12F3N3O. The van der Waals surface area contributed by atoms with Gasteiger partial charge in [-0.1, -0.05) is 0 Å². The zero-order valence-corrected chi connectivity index (χ0v) is 10.4. The topological polar surface area (TPSA) is 70.1 Å². The highest BCUT2D eigenvalue weighted by atomic mass is 19.4. The fourth-order valence-corrected chi connectivity index (χ4v) is 2.29. The van der Waals surface area contributed by atoms with Crippen molar-refractivity contribution < 1.29 is 18.0 Å². The van der Waals surface area contributed by atoms with Crippen LogP contribution in [0.4, 0.5) is 18.9 Å². The van der Waals surface area contributed by atoms with Gasteiger partial charge in [0.1, 0.15) is 6.07 Å². The number of rotatable bonds is 2. The van der Waals surface area contributed by atoms with Gasteiger partial charge in [-0.25, -0.2) is 0 Å². The Balaban J connectivity index is 2.30. The first-order valence-corrected chi connectivity index (χ1v) is 5.98. The van der Waals surface area contributed by atoms with Crippen molar-refractivity contribution in [3.63, 3.8) is 0 Å². The smallest absolute Gasteiger partial charge is 0.370 e. The molecule has 4 nitrogen and oxygen atoms in total. The fourth-order valence-electron chi connectivity index (χ4n) is 2.29. The molecule has 1 aromatic rings. The molecule has 0 aromatic heterocycles. The number of amides is 1. The second kappa shape index (κ2) is 5.04. The maximum Gasteiger partial charge on any atom is 0.416 e. The summed E-state index contributed by atoms with van der Waals surface area (Å²) in [6.07, 6.45) is -3.94. The van der Waals surface area contributed by atoms with E-state index in [9.17, 15) is 18.0 Å². The number of primary amides is 1. The SMILES string of the molecule is N#Cc1cc(C(F)(F)F)ccc1N1CCC(C(N)=O)C1. The highest BCUT2D eigenvalue weighted by Gasteiger charge is 2.33. The molecule has 0 radical (unpaired) electrons. The molecule has 1 fully saturated rings. The molecule has 106 valence electrons. The molecule has 1 aromatic carbocycles. The lowest BCUT2D eigenvalue weighted by atomic mass is 10.1.